The van der Waals surface area contributed by atoms with Crippen LogP contribution >= 0.6 is 57.4 Å². The summed E-state index contributed by atoms with van der Waals surface area (Å²) in [4.78, 5) is 12.3. The zero-order valence-corrected chi connectivity index (χ0v) is 63.5. The number of halogens is 4. The van der Waals surface area contributed by atoms with E-state index in [4.69, 9.17) is 63.8 Å². The second-order valence-corrected chi connectivity index (χ2v) is 40.8. The third-order valence-electron chi connectivity index (χ3n) is 16.7. The average Bonchev–Trinajstić information content (AvgIpc) is 1.61. The minimum Gasteiger partial charge on any atom is -0.399 e. The first-order chi connectivity index (χ1) is 47.0. The third-order valence-corrected chi connectivity index (χ3v) is 22.3. The maximum Gasteiger partial charge on any atom is 0.494 e. The van der Waals surface area contributed by atoms with Gasteiger partial charge in [0.2, 0.25) is 0 Å². The van der Waals surface area contributed by atoms with E-state index in [-0.39, 0.29) is 11.2 Å². The maximum absolute atomic E-state index is 6.43. The molecule has 12 aromatic rings. The van der Waals surface area contributed by atoms with Gasteiger partial charge >= 0.3 is 7.12 Å². The van der Waals surface area contributed by atoms with Crippen molar-refractivity contribution in [2.24, 2.45) is 0 Å². The Morgan fingerprint density at radius 1 is 0.490 bits per heavy atom. The van der Waals surface area contributed by atoms with Crippen LogP contribution in [0.5, 0.6) is 0 Å². The summed E-state index contributed by atoms with van der Waals surface area (Å²) in [5, 5.41) is 22.5. The lowest BCUT2D eigenvalue weighted by atomic mass is 9.78. The summed E-state index contributed by atoms with van der Waals surface area (Å²) >= 11 is 20.5. The Kier molecular flexibility index (Phi) is 24.9. The molecule has 0 bridgehead atoms. The van der Waals surface area contributed by atoms with Crippen LogP contribution in [0.1, 0.15) is 61.5 Å². The zero-order chi connectivity index (χ0) is 69.5. The SMILES string of the molecule is CC1(C)OB(c2ccc3c(c2)c(/C=C/c2ccccc2)nn3COCC[Si](C)(C)C)OC1(C)C.C[Si](C)(C)CCOCn1nc(/C=C/c2ccccc2)c2cc(-c3cnccc3Cl)ccc21.Clc1ccncc1-c1ccc2[nH]nc(/C=C/c3ccccc3)c2c1.Clc1ccncc1I. The van der Waals surface area contributed by atoms with Crippen LogP contribution in [0.3, 0.4) is 0 Å². The fraction of sp³-hybridized carbons (Fsp3) is 0.231. The van der Waals surface area contributed by atoms with Gasteiger partial charge in [-0.05, 0) is 162 Å². The molecule has 0 amide bonds. The number of H-pyrrole nitrogens is 1. The Morgan fingerprint density at radius 3 is 1.35 bits per heavy atom. The normalized spacial score (nSPS) is 13.7. The highest BCUT2D eigenvalue weighted by Gasteiger charge is 2.51. The van der Waals surface area contributed by atoms with Crippen LogP contribution in [0.15, 0.2) is 201 Å². The number of pyridine rings is 3. The number of fused-ring (bicyclic) bond motifs is 3. The molecular weight excluding hydrogens is 1430 g/mol. The largest absolute Gasteiger partial charge is 0.494 e. The summed E-state index contributed by atoms with van der Waals surface area (Å²) in [6.07, 6.45) is 22.8. The lowest BCUT2D eigenvalue weighted by Crippen LogP contribution is -2.41. The molecule has 502 valence electrons. The van der Waals surface area contributed by atoms with Crippen LogP contribution in [0.2, 0.25) is 66.4 Å². The van der Waals surface area contributed by atoms with Gasteiger partial charge in [0, 0.05) is 97.4 Å². The third kappa shape index (κ3) is 20.0. The molecule has 98 heavy (non-hydrogen) atoms. The molecule has 13 nitrogen and oxygen atoms in total. The summed E-state index contributed by atoms with van der Waals surface area (Å²) in [5.74, 6) is 0. The van der Waals surface area contributed by atoms with E-state index in [1.54, 1.807) is 49.3 Å². The van der Waals surface area contributed by atoms with Gasteiger partial charge in [-0.25, -0.2) is 9.36 Å². The van der Waals surface area contributed by atoms with Crippen molar-refractivity contribution in [1.29, 1.82) is 0 Å². The van der Waals surface area contributed by atoms with Crippen LogP contribution < -0.4 is 5.46 Å². The van der Waals surface area contributed by atoms with E-state index in [0.717, 1.165) is 128 Å². The Morgan fingerprint density at radius 2 is 0.908 bits per heavy atom. The molecule has 6 aromatic carbocycles. The summed E-state index contributed by atoms with van der Waals surface area (Å²) in [6, 6.07) is 57.1. The molecule has 7 heterocycles. The van der Waals surface area contributed by atoms with Crippen molar-refractivity contribution in [2.75, 3.05) is 13.2 Å². The van der Waals surface area contributed by atoms with Gasteiger partial charge in [-0.2, -0.15) is 15.3 Å². The lowest BCUT2D eigenvalue weighted by molar-refractivity contribution is 0.00578. The number of nitrogens with zero attached hydrogens (tertiary/aromatic N) is 8. The zero-order valence-electron chi connectivity index (χ0n) is 57.1. The molecule has 1 aliphatic heterocycles. The van der Waals surface area contributed by atoms with Gasteiger partial charge in [-0.15, -0.1) is 0 Å². The van der Waals surface area contributed by atoms with E-state index < -0.39 is 23.3 Å². The highest BCUT2D eigenvalue weighted by atomic mass is 127. The van der Waals surface area contributed by atoms with Crippen LogP contribution in [0.25, 0.3) is 91.4 Å². The minimum absolute atomic E-state index is 0.378. The van der Waals surface area contributed by atoms with E-state index in [1.807, 2.05) is 88.2 Å². The van der Waals surface area contributed by atoms with Gasteiger partial charge in [0.05, 0.1) is 59.9 Å². The number of nitrogens with one attached hydrogen (secondary N) is 1. The highest BCUT2D eigenvalue weighted by molar-refractivity contribution is 14.1. The van der Waals surface area contributed by atoms with Crippen molar-refractivity contribution in [3.8, 4) is 22.3 Å². The molecule has 1 aliphatic rings. The molecule has 6 aromatic heterocycles. The maximum atomic E-state index is 6.43. The van der Waals surface area contributed by atoms with Crippen molar-refractivity contribution >= 4 is 155 Å². The van der Waals surface area contributed by atoms with Crippen molar-refractivity contribution < 1.29 is 18.8 Å². The van der Waals surface area contributed by atoms with Crippen LogP contribution in [0.4, 0.5) is 0 Å². The molecular formula is C78H82BCl3IN9O4Si2. The van der Waals surface area contributed by atoms with Gasteiger partial charge in [-0.1, -0.05) is 208 Å². The molecule has 0 saturated carbocycles. The van der Waals surface area contributed by atoms with E-state index >= 15 is 0 Å². The monoisotopic (exact) mass is 1510 g/mol. The summed E-state index contributed by atoms with van der Waals surface area (Å²) in [7, 11) is -2.67. The summed E-state index contributed by atoms with van der Waals surface area (Å²) in [6.45, 7) is 24.9. The van der Waals surface area contributed by atoms with Crippen LogP contribution in [-0.2, 0) is 32.2 Å². The quantitative estimate of drug-likeness (QED) is 0.0473. The average molecular weight is 1510 g/mol. The summed E-state index contributed by atoms with van der Waals surface area (Å²) < 4.78 is 29.5. The molecule has 0 unspecified atom stereocenters. The van der Waals surface area contributed by atoms with Crippen LogP contribution in [-0.4, -0.2) is 92.4 Å². The number of hydrogen-bond donors (Lipinski definition) is 1. The van der Waals surface area contributed by atoms with E-state index in [1.165, 1.54) is 0 Å². The number of rotatable bonds is 19. The molecule has 1 N–H and O–H groups in total. The smallest absolute Gasteiger partial charge is 0.399 e. The first kappa shape index (κ1) is 73.1. The number of ether oxygens (including phenoxy) is 2. The number of aromatic amines is 1. The standard InChI is InChI=1S/C27H37BN2O3Si.C26H28ClN3OSi.C20H14ClN3.C5H3ClIN/c1-26(2)27(3,4)33-28(32-26)22-14-16-25-23(19-22)24(15-13-21-11-9-8-10-12-21)29-30(25)20-31-17-18-34(5,6)7;1-32(2,3)16-15-31-19-30-26-12-10-21(23-18-28-14-13-24(23)27)17-22(26)25(29-30)11-9-20-7-5-4-6-8-20;21-18-10-11-22-13-17(18)15-7-9-20-16(12-15)19(23-24-20)8-6-14-4-2-1-3-5-14;6-4-1-2-8-3-5(4)7/h8-16,19H,17-18,20H2,1-7H3;4-14,17-18H,15-16,19H2,1-3H3;1-13H,(H,23,24);1-3H/b15-13+;11-9+;8-6+;. The fourth-order valence-electron chi connectivity index (χ4n) is 10.3. The first-order valence-corrected chi connectivity index (χ1v) is 42.2. The molecule has 1 fully saturated rings. The van der Waals surface area contributed by atoms with E-state index in [9.17, 15) is 0 Å². The first-order valence-electron chi connectivity index (χ1n) is 32.6. The predicted molar refractivity (Wildman–Crippen MR) is 424 cm³/mol. The molecule has 0 atom stereocenters. The molecule has 0 radical (unpaired) electrons. The molecule has 20 heteroatoms. The Hall–Kier alpha value is -7.66. The Balaban J connectivity index is 0.000000152. The van der Waals surface area contributed by atoms with Crippen molar-refractivity contribution in [3.05, 3.63) is 253 Å². The Labute approximate surface area is 606 Å². The number of aromatic nitrogens is 9. The van der Waals surface area contributed by atoms with Gasteiger partial charge in [-0.3, -0.25) is 20.1 Å². The number of benzene rings is 6. The molecule has 0 aliphatic carbocycles. The highest BCUT2D eigenvalue weighted by Crippen LogP contribution is 2.38. The molecule has 1 saturated heterocycles. The van der Waals surface area contributed by atoms with Gasteiger partial charge in [0.25, 0.3) is 0 Å². The fourth-order valence-corrected chi connectivity index (χ4v) is 12.7. The van der Waals surface area contributed by atoms with E-state index in [0.29, 0.717) is 23.5 Å². The molecule has 0 spiro atoms. The van der Waals surface area contributed by atoms with Crippen LogP contribution in [0, 0.1) is 3.57 Å². The second kappa shape index (κ2) is 33.5. The van der Waals surface area contributed by atoms with Gasteiger partial charge in [0.1, 0.15) is 13.5 Å². The minimum atomic E-state index is -1.13. The predicted octanol–water partition coefficient (Wildman–Crippen LogP) is 20.8. The Bertz CT molecular complexity index is 4670. The van der Waals surface area contributed by atoms with E-state index in [2.05, 4.69) is 224 Å². The molecule has 13 rings (SSSR count). The second-order valence-electron chi connectivity index (χ2n) is 27.2. The summed E-state index contributed by atoms with van der Waals surface area (Å²) in [5.41, 5.74) is 13.3. The topological polar surface area (TPSA) is 140 Å². The van der Waals surface area contributed by atoms with Gasteiger partial charge < -0.3 is 18.8 Å². The van der Waals surface area contributed by atoms with Gasteiger partial charge in [0.15, 0.2) is 0 Å². The number of hydrogen-bond acceptors (Lipinski definition) is 10. The van der Waals surface area contributed by atoms with Crippen molar-refractivity contribution in [3.63, 3.8) is 0 Å². The van der Waals surface area contributed by atoms with Crippen molar-refractivity contribution in [2.45, 2.75) is 104 Å². The lowest BCUT2D eigenvalue weighted by Gasteiger charge is -2.32. The van der Waals surface area contributed by atoms with Crippen molar-refractivity contribution in [1.82, 2.24) is 44.7 Å².